The third kappa shape index (κ3) is 4.70. The van der Waals surface area contributed by atoms with Gasteiger partial charge in [0.2, 0.25) is 5.91 Å². The monoisotopic (exact) mass is 446 g/mol. The lowest BCUT2D eigenvalue weighted by atomic mass is 9.48. The molecule has 4 aliphatic rings. The third-order valence-corrected chi connectivity index (χ3v) is 8.12. The van der Waals surface area contributed by atoms with Crippen LogP contribution in [0.3, 0.4) is 0 Å². The number of rotatable bonds is 8. The summed E-state index contributed by atoms with van der Waals surface area (Å²) in [6, 6.07) is 19.2. The number of hydrogen-bond donors (Lipinski definition) is 1. The molecular weight excluding hydrogens is 412 g/mol. The summed E-state index contributed by atoms with van der Waals surface area (Å²) in [6.07, 6.45) is 7.94. The quantitative estimate of drug-likeness (QED) is 0.615. The van der Waals surface area contributed by atoms with E-state index in [0.717, 1.165) is 29.1 Å². The van der Waals surface area contributed by atoms with Crippen molar-refractivity contribution in [1.82, 2.24) is 5.32 Å². The minimum atomic E-state index is -0.200. The van der Waals surface area contributed by atoms with Gasteiger partial charge >= 0.3 is 0 Å². The first-order valence-corrected chi connectivity index (χ1v) is 12.3. The third-order valence-electron chi connectivity index (χ3n) is 8.12. The van der Waals surface area contributed by atoms with Gasteiger partial charge in [-0.15, -0.1) is 0 Å². The molecule has 0 unspecified atom stereocenters. The van der Waals surface area contributed by atoms with Gasteiger partial charge in [0.25, 0.3) is 5.91 Å². The van der Waals surface area contributed by atoms with Crippen LogP contribution in [0, 0.1) is 23.2 Å². The van der Waals surface area contributed by atoms with Gasteiger partial charge in [-0.2, -0.15) is 0 Å². The van der Waals surface area contributed by atoms with Gasteiger partial charge in [0.1, 0.15) is 13.2 Å². The molecule has 6 rings (SSSR count). The fourth-order valence-electron chi connectivity index (χ4n) is 7.03. The Morgan fingerprint density at radius 2 is 1.36 bits per heavy atom. The zero-order valence-electron chi connectivity index (χ0n) is 19.4. The Labute approximate surface area is 196 Å². The number of para-hydroxylation sites is 2. The van der Waals surface area contributed by atoms with E-state index in [-0.39, 0.29) is 36.5 Å². The van der Waals surface area contributed by atoms with Crippen molar-refractivity contribution >= 4 is 23.2 Å². The van der Waals surface area contributed by atoms with Gasteiger partial charge < -0.3 is 10.1 Å². The van der Waals surface area contributed by atoms with Crippen molar-refractivity contribution in [2.75, 3.05) is 18.1 Å². The maximum atomic E-state index is 13.0. The van der Waals surface area contributed by atoms with Crippen LogP contribution in [0.15, 0.2) is 60.7 Å². The average molecular weight is 447 g/mol. The lowest BCUT2D eigenvalue weighted by Gasteiger charge is -2.59. The summed E-state index contributed by atoms with van der Waals surface area (Å²) in [7, 11) is 0. The molecule has 5 heteroatoms. The summed E-state index contributed by atoms with van der Waals surface area (Å²) < 4.78 is 5.60. The molecule has 2 aromatic carbocycles. The predicted octanol–water partition coefficient (Wildman–Crippen LogP) is 5.09. The van der Waals surface area contributed by atoms with E-state index < -0.39 is 0 Å². The molecule has 0 saturated heterocycles. The van der Waals surface area contributed by atoms with E-state index in [2.05, 4.69) is 12.2 Å². The maximum absolute atomic E-state index is 13.0. The summed E-state index contributed by atoms with van der Waals surface area (Å²) in [5.74, 6) is 2.23. The fraction of sp³-hybridized carbons (Fsp3) is 0.500. The Hall–Kier alpha value is -2.66. The second-order valence-corrected chi connectivity index (χ2v) is 10.5. The Kier molecular flexibility index (Phi) is 6.24. The first-order valence-electron chi connectivity index (χ1n) is 12.3. The van der Waals surface area contributed by atoms with E-state index in [0.29, 0.717) is 0 Å². The lowest BCUT2D eigenvalue weighted by molar-refractivity contribution is -0.132. The van der Waals surface area contributed by atoms with E-state index in [9.17, 15) is 9.59 Å². The van der Waals surface area contributed by atoms with Crippen LogP contribution < -0.4 is 10.2 Å². The van der Waals surface area contributed by atoms with E-state index in [4.69, 9.17) is 4.74 Å². The number of benzene rings is 2. The van der Waals surface area contributed by atoms with Gasteiger partial charge in [-0.25, -0.2) is 0 Å². The van der Waals surface area contributed by atoms with Crippen LogP contribution in [0.1, 0.15) is 45.4 Å². The van der Waals surface area contributed by atoms with E-state index in [1.807, 2.05) is 60.7 Å². The fourth-order valence-corrected chi connectivity index (χ4v) is 7.03. The van der Waals surface area contributed by atoms with Crippen molar-refractivity contribution in [1.29, 1.82) is 0 Å². The maximum Gasteiger partial charge on any atom is 0.257 e. The van der Waals surface area contributed by atoms with Crippen LogP contribution in [0.25, 0.3) is 0 Å². The highest BCUT2D eigenvalue weighted by Gasteiger charge is 2.53. The molecule has 0 radical (unpaired) electrons. The summed E-state index contributed by atoms with van der Waals surface area (Å²) in [5, 5.41) is 3.21. The molecule has 2 aromatic rings. The Balaban J connectivity index is 1.16. The number of ether oxygens (including phenoxy) is 1. The largest absolute Gasteiger partial charge is 0.362 e. The van der Waals surface area contributed by atoms with Crippen LogP contribution in [0.4, 0.5) is 11.4 Å². The summed E-state index contributed by atoms with van der Waals surface area (Å²) >= 11 is 0. The standard InChI is InChI=1S/C28H34N2O3/c1-20(28-15-21-12-22(16-28)14-23(13-21)17-28)29-26(31)18-33-19-27(32)30(24-8-4-2-5-9-24)25-10-6-3-7-11-25/h2-11,20-23H,12-19H2,1H3,(H,29,31)/t20-,21?,22?,23?,28?/m0/s1. The van der Waals surface area contributed by atoms with Gasteiger partial charge in [0.15, 0.2) is 0 Å². The molecule has 0 aromatic heterocycles. The molecule has 1 N–H and O–H groups in total. The molecule has 2 amide bonds. The van der Waals surface area contributed by atoms with Gasteiger partial charge in [0, 0.05) is 17.4 Å². The normalized spacial score (nSPS) is 28.3. The zero-order valence-corrected chi connectivity index (χ0v) is 19.4. The van der Waals surface area contributed by atoms with Crippen LogP contribution in [-0.4, -0.2) is 31.1 Å². The van der Waals surface area contributed by atoms with E-state index in [1.54, 1.807) is 4.90 Å². The van der Waals surface area contributed by atoms with Gasteiger partial charge in [-0.1, -0.05) is 36.4 Å². The predicted molar refractivity (Wildman–Crippen MR) is 129 cm³/mol. The number of nitrogens with zero attached hydrogens (tertiary/aromatic N) is 1. The van der Waals surface area contributed by atoms with Crippen LogP contribution in [0.5, 0.6) is 0 Å². The molecule has 5 nitrogen and oxygen atoms in total. The molecular formula is C28H34N2O3. The molecule has 1 atom stereocenters. The highest BCUT2D eigenvalue weighted by atomic mass is 16.5. The zero-order chi connectivity index (χ0) is 22.8. The average Bonchev–Trinajstić information content (AvgIpc) is 2.80. The molecule has 4 bridgehead atoms. The number of amides is 2. The van der Waals surface area contributed by atoms with E-state index >= 15 is 0 Å². The summed E-state index contributed by atoms with van der Waals surface area (Å²) in [4.78, 5) is 27.4. The molecule has 0 spiro atoms. The number of nitrogens with one attached hydrogen (secondary N) is 1. The number of anilines is 2. The molecule has 4 fully saturated rings. The smallest absolute Gasteiger partial charge is 0.257 e. The van der Waals surface area contributed by atoms with Crippen molar-refractivity contribution in [2.45, 2.75) is 51.5 Å². The van der Waals surface area contributed by atoms with Crippen molar-refractivity contribution in [3.05, 3.63) is 60.7 Å². The van der Waals surface area contributed by atoms with Crippen LogP contribution in [0.2, 0.25) is 0 Å². The van der Waals surface area contributed by atoms with Crippen molar-refractivity contribution < 1.29 is 14.3 Å². The molecule has 4 aliphatic carbocycles. The van der Waals surface area contributed by atoms with Crippen molar-refractivity contribution in [2.24, 2.45) is 23.2 Å². The highest BCUT2D eigenvalue weighted by molar-refractivity contribution is 6.01. The minimum Gasteiger partial charge on any atom is -0.362 e. The molecule has 0 aliphatic heterocycles. The molecule has 174 valence electrons. The van der Waals surface area contributed by atoms with Crippen LogP contribution >= 0.6 is 0 Å². The summed E-state index contributed by atoms with van der Waals surface area (Å²) in [5.41, 5.74) is 1.81. The second kappa shape index (κ2) is 9.30. The van der Waals surface area contributed by atoms with Crippen molar-refractivity contribution in [3.63, 3.8) is 0 Å². The van der Waals surface area contributed by atoms with Gasteiger partial charge in [0.05, 0.1) is 0 Å². The topological polar surface area (TPSA) is 58.6 Å². The molecule has 4 saturated carbocycles. The Bertz CT molecular complexity index is 900. The number of hydrogen-bond acceptors (Lipinski definition) is 3. The highest BCUT2D eigenvalue weighted by Crippen LogP contribution is 2.61. The van der Waals surface area contributed by atoms with Gasteiger partial charge in [-0.05, 0) is 92.9 Å². The molecule has 33 heavy (non-hydrogen) atoms. The minimum absolute atomic E-state index is 0.0974. The number of carbonyl (C=O) groups excluding carboxylic acids is 2. The first kappa shape index (κ1) is 22.1. The summed E-state index contributed by atoms with van der Waals surface area (Å²) in [6.45, 7) is 1.92. The van der Waals surface area contributed by atoms with Crippen molar-refractivity contribution in [3.8, 4) is 0 Å². The van der Waals surface area contributed by atoms with Crippen LogP contribution in [-0.2, 0) is 14.3 Å². The number of carbonyl (C=O) groups is 2. The van der Waals surface area contributed by atoms with E-state index in [1.165, 1.54) is 38.5 Å². The second-order valence-electron chi connectivity index (χ2n) is 10.5. The SMILES string of the molecule is C[C@H](NC(=O)COCC(=O)N(c1ccccc1)c1ccccc1)C12CC3CC(CC(C3)C1)C2. The van der Waals surface area contributed by atoms with Gasteiger partial charge in [-0.3, -0.25) is 14.5 Å². The lowest BCUT2D eigenvalue weighted by Crippen LogP contribution is -2.56. The Morgan fingerprint density at radius 3 is 1.85 bits per heavy atom. The first-order chi connectivity index (χ1) is 16.0. The molecule has 0 heterocycles. The Morgan fingerprint density at radius 1 is 0.879 bits per heavy atom.